The first kappa shape index (κ1) is 9.98. The van der Waals surface area contributed by atoms with Crippen molar-refractivity contribution >= 4 is 0 Å². The zero-order valence-electron chi connectivity index (χ0n) is 9.03. The lowest BCUT2D eigenvalue weighted by Crippen LogP contribution is -2.17. The smallest absolute Gasteiger partial charge is 0.152 e. The largest absolute Gasteiger partial charge is 0.460 e. The lowest BCUT2D eigenvalue weighted by molar-refractivity contribution is 0.0697. The second kappa shape index (κ2) is 3.24. The van der Waals surface area contributed by atoms with Gasteiger partial charge in [0.2, 0.25) is 0 Å². The number of rotatable bonds is 2. The summed E-state index contributed by atoms with van der Waals surface area (Å²) in [6.45, 7) is 5.25. The van der Waals surface area contributed by atoms with Gasteiger partial charge in [-0.1, -0.05) is 0 Å². The van der Waals surface area contributed by atoms with Crippen LogP contribution < -0.4 is 0 Å². The second-order valence-corrected chi connectivity index (χ2v) is 4.11. The van der Waals surface area contributed by atoms with Crippen molar-refractivity contribution in [2.24, 2.45) is 0 Å². The molecule has 0 aromatic carbocycles. The van der Waals surface area contributed by atoms with E-state index in [9.17, 15) is 5.11 Å². The molecule has 15 heavy (non-hydrogen) atoms. The molecule has 0 aliphatic carbocycles. The molecule has 0 bridgehead atoms. The summed E-state index contributed by atoms with van der Waals surface area (Å²) in [7, 11) is 0. The average Bonchev–Trinajstić information content (AvgIpc) is 2.69. The highest BCUT2D eigenvalue weighted by molar-refractivity contribution is 5.51. The van der Waals surface area contributed by atoms with Crippen LogP contribution in [0.2, 0.25) is 0 Å². The fourth-order valence-electron chi connectivity index (χ4n) is 1.34. The van der Waals surface area contributed by atoms with Crippen LogP contribution in [0.15, 0.2) is 22.7 Å². The van der Waals surface area contributed by atoms with E-state index in [1.807, 2.05) is 19.1 Å². The third kappa shape index (κ3) is 1.94. The van der Waals surface area contributed by atoms with Crippen LogP contribution in [0, 0.1) is 6.92 Å². The Hall–Kier alpha value is -1.55. The molecule has 2 rings (SSSR count). The van der Waals surface area contributed by atoms with E-state index in [-0.39, 0.29) is 0 Å². The number of furan rings is 1. The molecule has 0 spiro atoms. The van der Waals surface area contributed by atoms with Crippen molar-refractivity contribution in [3.8, 4) is 11.5 Å². The van der Waals surface area contributed by atoms with Crippen molar-refractivity contribution in [2.75, 3.05) is 0 Å². The van der Waals surface area contributed by atoms with Crippen LogP contribution in [0.1, 0.15) is 25.4 Å². The number of aromatic nitrogens is 2. The van der Waals surface area contributed by atoms with E-state index in [0.717, 1.165) is 17.2 Å². The first-order valence-corrected chi connectivity index (χ1v) is 4.81. The summed E-state index contributed by atoms with van der Waals surface area (Å²) in [5, 5.41) is 9.73. The summed E-state index contributed by atoms with van der Waals surface area (Å²) < 4.78 is 5.44. The van der Waals surface area contributed by atoms with Crippen LogP contribution in [0.3, 0.4) is 0 Å². The molecular weight excluding hydrogens is 192 g/mol. The number of aromatic amines is 1. The van der Waals surface area contributed by atoms with Gasteiger partial charge in [0.1, 0.15) is 22.9 Å². The molecule has 0 unspecified atom stereocenters. The molecule has 4 heteroatoms. The number of nitrogens with one attached hydrogen (secondary N) is 1. The highest BCUT2D eigenvalue weighted by Gasteiger charge is 2.20. The summed E-state index contributed by atoms with van der Waals surface area (Å²) in [4.78, 5) is 7.14. The van der Waals surface area contributed by atoms with E-state index in [1.165, 1.54) is 0 Å². The van der Waals surface area contributed by atoms with Gasteiger partial charge < -0.3 is 14.5 Å². The van der Waals surface area contributed by atoms with Gasteiger partial charge in [0, 0.05) is 0 Å². The molecule has 0 amide bonds. The molecule has 0 saturated carbocycles. The van der Waals surface area contributed by atoms with Crippen molar-refractivity contribution in [3.05, 3.63) is 29.9 Å². The van der Waals surface area contributed by atoms with Crippen molar-refractivity contribution in [3.63, 3.8) is 0 Å². The van der Waals surface area contributed by atoms with Gasteiger partial charge >= 0.3 is 0 Å². The zero-order chi connectivity index (χ0) is 11.1. The molecule has 0 radical (unpaired) electrons. The minimum atomic E-state index is -0.958. The highest BCUT2D eigenvalue weighted by Crippen LogP contribution is 2.23. The Kier molecular flexibility index (Phi) is 2.16. The number of hydrogen-bond donors (Lipinski definition) is 2. The van der Waals surface area contributed by atoms with Crippen LogP contribution in [-0.2, 0) is 5.60 Å². The summed E-state index contributed by atoms with van der Waals surface area (Å²) >= 11 is 0. The summed E-state index contributed by atoms with van der Waals surface area (Å²) in [5.74, 6) is 2.12. The summed E-state index contributed by atoms with van der Waals surface area (Å²) in [6, 6.07) is 3.76. The maximum atomic E-state index is 9.73. The predicted octanol–water partition coefficient (Wildman–Crippen LogP) is 2.21. The zero-order valence-corrected chi connectivity index (χ0v) is 9.03. The van der Waals surface area contributed by atoms with Gasteiger partial charge in [0.05, 0.1) is 6.20 Å². The third-order valence-electron chi connectivity index (χ3n) is 2.16. The van der Waals surface area contributed by atoms with Gasteiger partial charge in [-0.25, -0.2) is 4.98 Å². The lowest BCUT2D eigenvalue weighted by atomic mass is 10.1. The monoisotopic (exact) mass is 206 g/mol. The number of nitrogens with zero attached hydrogens (tertiary/aromatic N) is 1. The van der Waals surface area contributed by atoms with Gasteiger partial charge in [0.25, 0.3) is 0 Å². The molecule has 0 aliphatic heterocycles. The van der Waals surface area contributed by atoms with Crippen molar-refractivity contribution in [1.82, 2.24) is 9.97 Å². The van der Waals surface area contributed by atoms with Crippen molar-refractivity contribution < 1.29 is 9.52 Å². The van der Waals surface area contributed by atoms with Crippen molar-refractivity contribution in [2.45, 2.75) is 26.4 Å². The van der Waals surface area contributed by atoms with Gasteiger partial charge in [-0.15, -0.1) is 0 Å². The number of H-pyrrole nitrogens is 1. The number of aryl methyl sites for hydroxylation is 1. The van der Waals surface area contributed by atoms with Gasteiger partial charge in [-0.05, 0) is 32.9 Å². The fourth-order valence-corrected chi connectivity index (χ4v) is 1.34. The Morgan fingerprint density at radius 1 is 1.40 bits per heavy atom. The standard InChI is InChI=1S/C11H14N2O2/c1-7-4-5-9(15-7)8-6-12-10(13-8)11(2,3)14/h4-6,14H,1-3H3,(H,12,13). The summed E-state index contributed by atoms with van der Waals surface area (Å²) in [5.41, 5.74) is -0.180. The molecule has 2 aromatic rings. The highest BCUT2D eigenvalue weighted by atomic mass is 16.3. The molecule has 0 aliphatic rings. The van der Waals surface area contributed by atoms with E-state index in [4.69, 9.17) is 4.42 Å². The molecule has 0 saturated heterocycles. The molecule has 2 aromatic heterocycles. The van der Waals surface area contributed by atoms with Crippen LogP contribution >= 0.6 is 0 Å². The van der Waals surface area contributed by atoms with Crippen LogP contribution in [-0.4, -0.2) is 15.1 Å². The first-order chi connectivity index (χ1) is 6.97. The van der Waals surface area contributed by atoms with E-state index in [1.54, 1.807) is 20.0 Å². The normalized spacial score (nSPS) is 12.0. The Bertz CT molecular complexity index is 463. The number of imidazole rings is 1. The maximum Gasteiger partial charge on any atom is 0.152 e. The Balaban J connectivity index is 2.36. The lowest BCUT2D eigenvalue weighted by Gasteiger charge is -2.12. The Labute approximate surface area is 88.0 Å². The minimum absolute atomic E-state index is 0.534. The molecule has 0 atom stereocenters. The van der Waals surface area contributed by atoms with E-state index >= 15 is 0 Å². The first-order valence-electron chi connectivity index (χ1n) is 4.81. The van der Waals surface area contributed by atoms with Gasteiger partial charge in [-0.2, -0.15) is 0 Å². The molecule has 2 N–H and O–H groups in total. The minimum Gasteiger partial charge on any atom is -0.460 e. The SMILES string of the molecule is Cc1ccc(-c2cnc(C(C)(C)O)[nH]2)o1. The van der Waals surface area contributed by atoms with E-state index < -0.39 is 5.60 Å². The van der Waals surface area contributed by atoms with E-state index in [0.29, 0.717) is 5.82 Å². The molecule has 0 fully saturated rings. The van der Waals surface area contributed by atoms with Crippen LogP contribution in [0.5, 0.6) is 0 Å². The third-order valence-corrected chi connectivity index (χ3v) is 2.16. The molecule has 2 heterocycles. The fraction of sp³-hybridized carbons (Fsp3) is 0.364. The summed E-state index contributed by atoms with van der Waals surface area (Å²) in [6.07, 6.45) is 1.66. The molecular formula is C11H14N2O2. The number of aliphatic hydroxyl groups is 1. The quantitative estimate of drug-likeness (QED) is 0.791. The topological polar surface area (TPSA) is 62.1 Å². The van der Waals surface area contributed by atoms with Crippen LogP contribution in [0.25, 0.3) is 11.5 Å². The predicted molar refractivity (Wildman–Crippen MR) is 56.3 cm³/mol. The molecule has 4 nitrogen and oxygen atoms in total. The van der Waals surface area contributed by atoms with Crippen LogP contribution in [0.4, 0.5) is 0 Å². The molecule has 80 valence electrons. The average molecular weight is 206 g/mol. The Morgan fingerprint density at radius 2 is 2.13 bits per heavy atom. The Morgan fingerprint density at radius 3 is 2.60 bits per heavy atom. The number of hydrogen-bond acceptors (Lipinski definition) is 3. The maximum absolute atomic E-state index is 9.73. The van der Waals surface area contributed by atoms with Gasteiger partial charge in [0.15, 0.2) is 5.76 Å². The second-order valence-electron chi connectivity index (χ2n) is 4.11. The van der Waals surface area contributed by atoms with Crippen molar-refractivity contribution in [1.29, 1.82) is 0 Å². The van der Waals surface area contributed by atoms with Gasteiger partial charge in [-0.3, -0.25) is 0 Å². The van der Waals surface area contributed by atoms with E-state index in [2.05, 4.69) is 9.97 Å².